The Morgan fingerprint density at radius 1 is 1.19 bits per heavy atom. The zero-order chi connectivity index (χ0) is 15.5. The van der Waals surface area contributed by atoms with E-state index in [-0.39, 0.29) is 5.41 Å². The van der Waals surface area contributed by atoms with Crippen molar-refractivity contribution in [3.63, 3.8) is 0 Å². The highest BCUT2D eigenvalue weighted by Crippen LogP contribution is 2.31. The molecule has 112 valence electrons. The van der Waals surface area contributed by atoms with Gasteiger partial charge in [0, 0.05) is 18.9 Å². The normalized spacial score (nSPS) is 11.4. The first-order valence-corrected chi connectivity index (χ1v) is 6.89. The molecule has 2 rings (SSSR count). The van der Waals surface area contributed by atoms with E-state index in [2.05, 4.69) is 42.1 Å². The lowest BCUT2D eigenvalue weighted by Crippen LogP contribution is -2.14. The summed E-state index contributed by atoms with van der Waals surface area (Å²) in [4.78, 5) is 8.55. The molecule has 0 aliphatic heterocycles. The van der Waals surface area contributed by atoms with Gasteiger partial charge in [0.15, 0.2) is 5.82 Å². The van der Waals surface area contributed by atoms with Crippen LogP contribution < -0.4 is 11.1 Å². The molecule has 0 saturated carbocycles. The number of nitrogens with two attached hydrogens (primary N) is 1. The van der Waals surface area contributed by atoms with Gasteiger partial charge in [0.2, 0.25) is 0 Å². The number of para-hydroxylation sites is 1. The summed E-state index contributed by atoms with van der Waals surface area (Å²) in [6, 6.07) is 9.91. The average Bonchev–Trinajstić information content (AvgIpc) is 2.37. The van der Waals surface area contributed by atoms with Crippen LogP contribution in [0.15, 0.2) is 30.3 Å². The van der Waals surface area contributed by atoms with Crippen molar-refractivity contribution in [3.05, 3.63) is 41.7 Å². The predicted molar refractivity (Wildman–Crippen MR) is 85.6 cm³/mol. The van der Waals surface area contributed by atoms with Crippen LogP contribution in [0, 0.1) is 0 Å². The number of nitrogens with one attached hydrogen (secondary N) is 1. The molecule has 0 spiro atoms. The van der Waals surface area contributed by atoms with E-state index in [4.69, 9.17) is 10.5 Å². The SMILES string of the molecule is COCc1nc(N)cc(Nc2ccccc2C(C)(C)C)n1. The van der Waals surface area contributed by atoms with Gasteiger partial charge in [-0.3, -0.25) is 0 Å². The number of anilines is 3. The molecule has 0 saturated heterocycles. The van der Waals surface area contributed by atoms with Crippen LogP contribution in [0.5, 0.6) is 0 Å². The van der Waals surface area contributed by atoms with E-state index in [1.807, 2.05) is 18.2 Å². The van der Waals surface area contributed by atoms with Gasteiger partial charge in [-0.05, 0) is 17.0 Å². The molecule has 0 amide bonds. The van der Waals surface area contributed by atoms with Gasteiger partial charge in [0.05, 0.1) is 0 Å². The molecule has 0 atom stereocenters. The minimum atomic E-state index is 0.0392. The molecule has 0 fully saturated rings. The molecule has 0 radical (unpaired) electrons. The highest BCUT2D eigenvalue weighted by atomic mass is 16.5. The van der Waals surface area contributed by atoms with Crippen molar-refractivity contribution >= 4 is 17.3 Å². The summed E-state index contributed by atoms with van der Waals surface area (Å²) in [5.41, 5.74) is 8.10. The zero-order valence-electron chi connectivity index (χ0n) is 13.0. The quantitative estimate of drug-likeness (QED) is 0.902. The second-order valence-corrected chi connectivity index (χ2v) is 5.95. The molecule has 5 heteroatoms. The fraction of sp³-hybridized carbons (Fsp3) is 0.375. The van der Waals surface area contributed by atoms with Gasteiger partial charge < -0.3 is 15.8 Å². The van der Waals surface area contributed by atoms with Gasteiger partial charge in [0.25, 0.3) is 0 Å². The largest absolute Gasteiger partial charge is 0.384 e. The molecule has 0 aliphatic carbocycles. The molecular formula is C16H22N4O. The number of benzene rings is 1. The molecule has 21 heavy (non-hydrogen) atoms. The molecule has 0 unspecified atom stereocenters. The van der Waals surface area contributed by atoms with Crippen molar-refractivity contribution in [1.82, 2.24) is 9.97 Å². The van der Waals surface area contributed by atoms with Crippen LogP contribution in [0.4, 0.5) is 17.3 Å². The summed E-state index contributed by atoms with van der Waals surface area (Å²) >= 11 is 0. The highest BCUT2D eigenvalue weighted by Gasteiger charge is 2.17. The Kier molecular flexibility index (Phi) is 4.43. The zero-order valence-corrected chi connectivity index (χ0v) is 13.0. The van der Waals surface area contributed by atoms with Crippen molar-refractivity contribution in [2.24, 2.45) is 0 Å². The summed E-state index contributed by atoms with van der Waals surface area (Å²) in [5, 5.41) is 3.33. The first-order chi connectivity index (χ1) is 9.90. The lowest BCUT2D eigenvalue weighted by atomic mass is 9.86. The number of methoxy groups -OCH3 is 1. The van der Waals surface area contributed by atoms with Crippen molar-refractivity contribution < 1.29 is 4.74 Å². The Labute approximate surface area is 125 Å². The van der Waals surface area contributed by atoms with Gasteiger partial charge in [0.1, 0.15) is 18.2 Å². The summed E-state index contributed by atoms with van der Waals surface area (Å²) in [5.74, 6) is 1.66. The summed E-state index contributed by atoms with van der Waals surface area (Å²) in [6.45, 7) is 6.87. The topological polar surface area (TPSA) is 73.1 Å². The van der Waals surface area contributed by atoms with Gasteiger partial charge in [-0.2, -0.15) is 0 Å². The fourth-order valence-corrected chi connectivity index (χ4v) is 2.16. The number of nitrogen functional groups attached to an aromatic ring is 1. The minimum Gasteiger partial charge on any atom is -0.384 e. The van der Waals surface area contributed by atoms with E-state index in [0.29, 0.717) is 24.1 Å². The van der Waals surface area contributed by atoms with Crippen LogP contribution in [0.3, 0.4) is 0 Å². The molecule has 1 aromatic carbocycles. The smallest absolute Gasteiger partial charge is 0.158 e. The monoisotopic (exact) mass is 286 g/mol. The van der Waals surface area contributed by atoms with Crippen molar-refractivity contribution in [2.45, 2.75) is 32.8 Å². The second-order valence-electron chi connectivity index (χ2n) is 5.95. The summed E-state index contributed by atoms with van der Waals surface area (Å²) < 4.78 is 5.06. The number of ether oxygens (including phenoxy) is 1. The maximum absolute atomic E-state index is 5.82. The van der Waals surface area contributed by atoms with Gasteiger partial charge in [-0.1, -0.05) is 39.0 Å². The first-order valence-electron chi connectivity index (χ1n) is 6.89. The summed E-state index contributed by atoms with van der Waals surface area (Å²) in [7, 11) is 1.61. The second kappa shape index (κ2) is 6.10. The first kappa shape index (κ1) is 15.3. The van der Waals surface area contributed by atoms with Crippen LogP contribution in [-0.4, -0.2) is 17.1 Å². The number of rotatable bonds is 4. The van der Waals surface area contributed by atoms with Crippen molar-refractivity contribution in [3.8, 4) is 0 Å². The standard InChI is InChI=1S/C16H22N4O/c1-16(2,3)11-7-5-6-8-12(11)18-14-9-13(17)19-15(20-14)10-21-4/h5-9H,10H2,1-4H3,(H3,17,18,19,20). The maximum Gasteiger partial charge on any atom is 0.158 e. The third kappa shape index (κ3) is 3.92. The molecular weight excluding hydrogens is 264 g/mol. The van der Waals surface area contributed by atoms with E-state index < -0.39 is 0 Å². The Hall–Kier alpha value is -2.14. The van der Waals surface area contributed by atoms with Crippen LogP contribution in [-0.2, 0) is 16.8 Å². The minimum absolute atomic E-state index is 0.0392. The average molecular weight is 286 g/mol. The molecule has 0 aliphatic rings. The Balaban J connectivity index is 2.35. The number of nitrogens with zero attached hydrogens (tertiary/aromatic N) is 2. The van der Waals surface area contributed by atoms with E-state index in [0.717, 1.165) is 5.69 Å². The Morgan fingerprint density at radius 3 is 2.57 bits per heavy atom. The molecule has 1 aromatic heterocycles. The number of hydrogen-bond donors (Lipinski definition) is 2. The van der Waals surface area contributed by atoms with E-state index in [1.165, 1.54) is 5.56 Å². The lowest BCUT2D eigenvalue weighted by Gasteiger charge is -2.23. The van der Waals surface area contributed by atoms with Crippen molar-refractivity contribution in [1.29, 1.82) is 0 Å². The van der Waals surface area contributed by atoms with E-state index in [1.54, 1.807) is 13.2 Å². The van der Waals surface area contributed by atoms with Crippen LogP contribution in [0.2, 0.25) is 0 Å². The molecule has 3 N–H and O–H groups in total. The van der Waals surface area contributed by atoms with E-state index in [9.17, 15) is 0 Å². The molecule has 0 bridgehead atoms. The summed E-state index contributed by atoms with van der Waals surface area (Å²) in [6.07, 6.45) is 0. The van der Waals surface area contributed by atoms with E-state index >= 15 is 0 Å². The molecule has 2 aromatic rings. The van der Waals surface area contributed by atoms with Crippen LogP contribution >= 0.6 is 0 Å². The molecule has 1 heterocycles. The Morgan fingerprint density at radius 2 is 1.90 bits per heavy atom. The third-order valence-corrected chi connectivity index (χ3v) is 3.06. The van der Waals surface area contributed by atoms with Gasteiger partial charge in [-0.25, -0.2) is 9.97 Å². The third-order valence-electron chi connectivity index (χ3n) is 3.06. The lowest BCUT2D eigenvalue weighted by molar-refractivity contribution is 0.178. The van der Waals surface area contributed by atoms with Gasteiger partial charge >= 0.3 is 0 Å². The van der Waals surface area contributed by atoms with Crippen molar-refractivity contribution in [2.75, 3.05) is 18.2 Å². The highest BCUT2D eigenvalue weighted by molar-refractivity contribution is 5.63. The fourth-order valence-electron chi connectivity index (χ4n) is 2.16. The van der Waals surface area contributed by atoms with Crippen LogP contribution in [0.1, 0.15) is 32.2 Å². The van der Waals surface area contributed by atoms with Crippen LogP contribution in [0.25, 0.3) is 0 Å². The molecule has 5 nitrogen and oxygen atoms in total. The number of aromatic nitrogens is 2. The predicted octanol–water partition coefficient (Wildman–Crippen LogP) is 3.25. The Bertz CT molecular complexity index is 620. The van der Waals surface area contributed by atoms with Gasteiger partial charge in [-0.15, -0.1) is 0 Å². The maximum atomic E-state index is 5.82. The number of hydrogen-bond acceptors (Lipinski definition) is 5.